The minimum atomic E-state index is -0.643. The van der Waals surface area contributed by atoms with Gasteiger partial charge in [-0.2, -0.15) is 0 Å². The van der Waals surface area contributed by atoms with E-state index in [1.807, 2.05) is 0 Å². The third-order valence-corrected chi connectivity index (χ3v) is 4.62. The highest BCUT2D eigenvalue weighted by Gasteiger charge is 2.36. The summed E-state index contributed by atoms with van der Waals surface area (Å²) in [6.07, 6.45) is 0.00100. The van der Waals surface area contributed by atoms with E-state index in [1.54, 1.807) is 24.3 Å². The summed E-state index contributed by atoms with van der Waals surface area (Å²) < 4.78 is 4.97. The Labute approximate surface area is 159 Å². The van der Waals surface area contributed by atoms with Crippen LogP contribution < -0.4 is 15.0 Å². The van der Waals surface area contributed by atoms with Crippen LogP contribution in [0.15, 0.2) is 42.5 Å². The molecule has 0 aliphatic carbocycles. The molecule has 0 bridgehead atoms. The number of halogens is 1. The monoisotopic (exact) mass is 389 g/mol. The number of nitro groups is 1. The van der Waals surface area contributed by atoms with Gasteiger partial charge in [0.25, 0.3) is 5.69 Å². The van der Waals surface area contributed by atoms with Crippen molar-refractivity contribution < 1.29 is 19.2 Å². The van der Waals surface area contributed by atoms with Crippen LogP contribution in [0.5, 0.6) is 5.75 Å². The Bertz CT molecular complexity index is 918. The number of hydrogen-bond donors (Lipinski definition) is 1. The van der Waals surface area contributed by atoms with Gasteiger partial charge in [0.1, 0.15) is 11.4 Å². The average molecular weight is 390 g/mol. The Hall–Kier alpha value is -3.13. The van der Waals surface area contributed by atoms with Crippen LogP contribution in [0.25, 0.3) is 0 Å². The van der Waals surface area contributed by atoms with E-state index in [0.29, 0.717) is 16.5 Å². The summed E-state index contributed by atoms with van der Waals surface area (Å²) in [6, 6.07) is 11.0. The van der Waals surface area contributed by atoms with E-state index in [9.17, 15) is 19.7 Å². The molecule has 1 aliphatic heterocycles. The molecule has 1 atom stereocenters. The number of rotatable bonds is 5. The largest absolute Gasteiger partial charge is 0.496 e. The van der Waals surface area contributed by atoms with Crippen molar-refractivity contribution >= 4 is 40.5 Å². The van der Waals surface area contributed by atoms with E-state index in [1.165, 1.54) is 30.2 Å². The lowest BCUT2D eigenvalue weighted by Crippen LogP contribution is -2.28. The van der Waals surface area contributed by atoms with Crippen molar-refractivity contribution in [1.29, 1.82) is 0 Å². The Kier molecular flexibility index (Phi) is 5.27. The number of ether oxygens (including phenoxy) is 1. The highest BCUT2D eigenvalue weighted by atomic mass is 35.5. The summed E-state index contributed by atoms with van der Waals surface area (Å²) in [7, 11) is 1.39. The van der Waals surface area contributed by atoms with Crippen molar-refractivity contribution in [2.45, 2.75) is 6.42 Å². The molecular formula is C18H16ClN3O5. The Morgan fingerprint density at radius 3 is 2.74 bits per heavy atom. The lowest BCUT2D eigenvalue weighted by molar-refractivity contribution is -0.384. The first-order valence-corrected chi connectivity index (χ1v) is 8.46. The maximum absolute atomic E-state index is 12.6. The second kappa shape index (κ2) is 7.63. The number of amides is 2. The number of carbonyl (C=O) groups is 2. The third-order valence-electron chi connectivity index (χ3n) is 4.30. The van der Waals surface area contributed by atoms with Gasteiger partial charge in [0.05, 0.1) is 34.7 Å². The molecule has 2 amide bonds. The van der Waals surface area contributed by atoms with Crippen LogP contribution in [-0.4, -0.2) is 30.4 Å². The first kappa shape index (κ1) is 18.7. The van der Waals surface area contributed by atoms with Gasteiger partial charge in [0, 0.05) is 13.0 Å². The SMILES string of the molecule is COc1ccc(NC(=O)C2CC(=O)N(c3ccccc3Cl)C2)c([N+](=O)[O-])c1. The molecule has 0 saturated carbocycles. The smallest absolute Gasteiger partial charge is 0.296 e. The van der Waals surface area contributed by atoms with Gasteiger partial charge in [-0.3, -0.25) is 19.7 Å². The first-order chi connectivity index (χ1) is 12.9. The second-order valence-electron chi connectivity index (χ2n) is 5.99. The van der Waals surface area contributed by atoms with Crippen LogP contribution in [0.3, 0.4) is 0 Å². The lowest BCUT2D eigenvalue weighted by Gasteiger charge is -2.18. The number of benzene rings is 2. The zero-order valence-electron chi connectivity index (χ0n) is 14.3. The van der Waals surface area contributed by atoms with E-state index in [4.69, 9.17) is 16.3 Å². The predicted octanol–water partition coefficient (Wildman–Crippen LogP) is 3.25. The molecule has 1 N–H and O–H groups in total. The normalized spacial score (nSPS) is 16.3. The number of nitrogens with zero attached hydrogens (tertiary/aromatic N) is 2. The molecule has 0 spiro atoms. The average Bonchev–Trinajstić information content (AvgIpc) is 3.04. The van der Waals surface area contributed by atoms with Crippen molar-refractivity contribution in [2.24, 2.45) is 5.92 Å². The van der Waals surface area contributed by atoms with Gasteiger partial charge in [-0.05, 0) is 24.3 Å². The fourth-order valence-electron chi connectivity index (χ4n) is 2.92. The van der Waals surface area contributed by atoms with Gasteiger partial charge in [-0.15, -0.1) is 0 Å². The van der Waals surface area contributed by atoms with E-state index in [2.05, 4.69) is 5.32 Å². The molecule has 0 radical (unpaired) electrons. The number of methoxy groups -OCH3 is 1. The minimum Gasteiger partial charge on any atom is -0.496 e. The Morgan fingerprint density at radius 2 is 2.07 bits per heavy atom. The third kappa shape index (κ3) is 3.85. The summed E-state index contributed by atoms with van der Waals surface area (Å²) >= 11 is 6.13. The van der Waals surface area contributed by atoms with Gasteiger partial charge in [0.15, 0.2) is 0 Å². The molecule has 2 aromatic carbocycles. The van der Waals surface area contributed by atoms with Crippen molar-refractivity contribution in [2.75, 3.05) is 23.9 Å². The van der Waals surface area contributed by atoms with Gasteiger partial charge in [-0.1, -0.05) is 23.7 Å². The van der Waals surface area contributed by atoms with Gasteiger partial charge < -0.3 is 15.0 Å². The number of nitro benzene ring substituents is 1. The molecular weight excluding hydrogens is 374 g/mol. The summed E-state index contributed by atoms with van der Waals surface area (Å²) in [6.45, 7) is 0.151. The maximum Gasteiger partial charge on any atom is 0.296 e. The maximum atomic E-state index is 12.6. The van der Waals surface area contributed by atoms with E-state index in [-0.39, 0.29) is 30.2 Å². The molecule has 9 heteroatoms. The quantitative estimate of drug-likeness (QED) is 0.624. The second-order valence-corrected chi connectivity index (χ2v) is 6.39. The fourth-order valence-corrected chi connectivity index (χ4v) is 3.15. The van der Waals surface area contributed by atoms with E-state index < -0.39 is 16.7 Å². The first-order valence-electron chi connectivity index (χ1n) is 8.09. The molecule has 1 unspecified atom stereocenters. The van der Waals surface area contributed by atoms with Crippen LogP contribution in [0, 0.1) is 16.0 Å². The molecule has 1 heterocycles. The molecule has 140 valence electrons. The molecule has 27 heavy (non-hydrogen) atoms. The lowest BCUT2D eigenvalue weighted by atomic mass is 10.1. The van der Waals surface area contributed by atoms with Crippen molar-refractivity contribution in [1.82, 2.24) is 0 Å². The van der Waals surface area contributed by atoms with Crippen molar-refractivity contribution in [3.8, 4) is 5.75 Å². The number of carbonyl (C=O) groups excluding carboxylic acids is 2. The van der Waals surface area contributed by atoms with Crippen LogP contribution >= 0.6 is 11.6 Å². The van der Waals surface area contributed by atoms with Crippen LogP contribution in [0.2, 0.25) is 5.02 Å². The zero-order chi connectivity index (χ0) is 19.6. The van der Waals surface area contributed by atoms with Crippen molar-refractivity contribution in [3.05, 3.63) is 57.6 Å². The number of nitrogens with one attached hydrogen (secondary N) is 1. The fraction of sp³-hybridized carbons (Fsp3) is 0.222. The Balaban J connectivity index is 1.77. The van der Waals surface area contributed by atoms with Gasteiger partial charge >= 0.3 is 0 Å². The molecule has 1 aliphatic rings. The predicted molar refractivity (Wildman–Crippen MR) is 100 cm³/mol. The standard InChI is InChI=1S/C18H16ClN3O5/c1-27-12-6-7-14(16(9-12)22(25)26)20-18(24)11-8-17(23)21(10-11)15-5-3-2-4-13(15)19/h2-7,9,11H,8,10H2,1H3,(H,20,24). The molecule has 1 fully saturated rings. The summed E-state index contributed by atoms with van der Waals surface area (Å²) in [5.74, 6) is -1.03. The zero-order valence-corrected chi connectivity index (χ0v) is 15.1. The topological polar surface area (TPSA) is 102 Å². The summed E-state index contributed by atoms with van der Waals surface area (Å²) in [5, 5.41) is 14.2. The van der Waals surface area contributed by atoms with Crippen molar-refractivity contribution in [3.63, 3.8) is 0 Å². The summed E-state index contributed by atoms with van der Waals surface area (Å²) in [4.78, 5) is 37.0. The number of para-hydroxylation sites is 1. The van der Waals surface area contributed by atoms with E-state index in [0.717, 1.165) is 0 Å². The van der Waals surface area contributed by atoms with Crippen LogP contribution in [0.1, 0.15) is 6.42 Å². The van der Waals surface area contributed by atoms with E-state index >= 15 is 0 Å². The number of hydrogen-bond acceptors (Lipinski definition) is 5. The highest BCUT2D eigenvalue weighted by molar-refractivity contribution is 6.33. The van der Waals surface area contributed by atoms with Gasteiger partial charge in [-0.25, -0.2) is 0 Å². The Morgan fingerprint density at radius 1 is 1.33 bits per heavy atom. The highest BCUT2D eigenvalue weighted by Crippen LogP contribution is 2.33. The molecule has 8 nitrogen and oxygen atoms in total. The summed E-state index contributed by atoms with van der Waals surface area (Å²) in [5.41, 5.74) is 0.305. The number of anilines is 2. The molecule has 0 aromatic heterocycles. The minimum absolute atomic E-state index is 0.00100. The van der Waals surface area contributed by atoms with Crippen LogP contribution in [0.4, 0.5) is 17.1 Å². The molecule has 2 aromatic rings. The molecule has 1 saturated heterocycles. The van der Waals surface area contributed by atoms with Crippen LogP contribution in [-0.2, 0) is 9.59 Å². The molecule has 3 rings (SSSR count). The van der Waals surface area contributed by atoms with Gasteiger partial charge in [0.2, 0.25) is 11.8 Å².